The number of hydrogen-bond donors (Lipinski definition) is 0. The molecular weight excluding hydrogens is 190 g/mol. The van der Waals surface area contributed by atoms with Gasteiger partial charge in [-0.15, -0.1) is 0 Å². The predicted octanol–water partition coefficient (Wildman–Crippen LogP) is 2.51. The van der Waals surface area contributed by atoms with E-state index in [9.17, 15) is 0 Å². The normalized spacial score (nSPS) is 11.3. The molecule has 2 aromatic rings. The molecule has 4 nitrogen and oxygen atoms in total. The smallest absolute Gasteiger partial charge is 0.229 e. The highest BCUT2D eigenvalue weighted by molar-refractivity contribution is 5.54. The molecule has 2 rings (SSSR count). The third-order valence-electron chi connectivity index (χ3n) is 2.34. The molecule has 0 amide bonds. The molecule has 0 saturated heterocycles. The van der Waals surface area contributed by atoms with E-state index in [-0.39, 0.29) is 0 Å². The van der Waals surface area contributed by atoms with E-state index in [0.29, 0.717) is 11.8 Å². The summed E-state index contributed by atoms with van der Waals surface area (Å²) >= 11 is 0. The van der Waals surface area contributed by atoms with Crippen LogP contribution in [0.3, 0.4) is 0 Å². The average Bonchev–Trinajstić information content (AvgIpc) is 2.71. The lowest BCUT2D eigenvalue weighted by Crippen LogP contribution is -1.86. The van der Waals surface area contributed by atoms with Gasteiger partial charge in [0.15, 0.2) is 0 Å². The van der Waals surface area contributed by atoms with Gasteiger partial charge in [-0.1, -0.05) is 13.8 Å². The summed E-state index contributed by atoms with van der Waals surface area (Å²) in [6, 6.07) is 0. The Kier molecular flexibility index (Phi) is 2.34. The van der Waals surface area contributed by atoms with Crippen molar-refractivity contribution in [3.8, 4) is 11.5 Å². The van der Waals surface area contributed by atoms with Crippen LogP contribution in [0.25, 0.3) is 11.5 Å². The summed E-state index contributed by atoms with van der Waals surface area (Å²) in [5.41, 5.74) is 1.90. The fourth-order valence-electron chi connectivity index (χ4n) is 1.49. The van der Waals surface area contributed by atoms with E-state index in [1.807, 2.05) is 20.2 Å². The Bertz CT molecular complexity index is 468. The molecule has 2 aromatic heterocycles. The first-order valence-corrected chi connectivity index (χ1v) is 5.04. The quantitative estimate of drug-likeness (QED) is 0.756. The van der Waals surface area contributed by atoms with Gasteiger partial charge in [0.05, 0.1) is 17.5 Å². The van der Waals surface area contributed by atoms with Crippen molar-refractivity contribution in [1.82, 2.24) is 14.8 Å². The Morgan fingerprint density at radius 3 is 2.60 bits per heavy atom. The number of aromatic nitrogens is 3. The van der Waals surface area contributed by atoms with Gasteiger partial charge in [-0.05, 0) is 6.92 Å². The monoisotopic (exact) mass is 205 g/mol. The van der Waals surface area contributed by atoms with E-state index in [1.165, 1.54) is 0 Å². The molecule has 0 radical (unpaired) electrons. The zero-order valence-corrected chi connectivity index (χ0v) is 9.48. The Labute approximate surface area is 88.9 Å². The maximum atomic E-state index is 5.66. The minimum Gasteiger partial charge on any atom is -0.441 e. The molecule has 0 saturated carbocycles. The molecule has 0 aliphatic rings. The van der Waals surface area contributed by atoms with Crippen LogP contribution in [0.2, 0.25) is 0 Å². The van der Waals surface area contributed by atoms with Crippen molar-refractivity contribution in [2.24, 2.45) is 7.05 Å². The fourth-order valence-corrected chi connectivity index (χ4v) is 1.49. The topological polar surface area (TPSA) is 43.9 Å². The Morgan fingerprint density at radius 1 is 1.40 bits per heavy atom. The Morgan fingerprint density at radius 2 is 2.13 bits per heavy atom. The molecule has 0 unspecified atom stereocenters. The van der Waals surface area contributed by atoms with Crippen LogP contribution in [0.15, 0.2) is 16.8 Å². The molecule has 0 aliphatic heterocycles. The molecule has 0 aliphatic carbocycles. The molecule has 80 valence electrons. The van der Waals surface area contributed by atoms with Crippen LogP contribution in [-0.4, -0.2) is 14.8 Å². The van der Waals surface area contributed by atoms with Crippen molar-refractivity contribution in [1.29, 1.82) is 0 Å². The number of rotatable bonds is 2. The molecule has 0 atom stereocenters. The van der Waals surface area contributed by atoms with Gasteiger partial charge in [-0.25, -0.2) is 4.98 Å². The summed E-state index contributed by atoms with van der Waals surface area (Å²) in [6.07, 6.45) is 3.71. The van der Waals surface area contributed by atoms with Gasteiger partial charge in [0, 0.05) is 19.2 Å². The highest BCUT2D eigenvalue weighted by Gasteiger charge is 2.13. The molecule has 2 heterocycles. The average molecular weight is 205 g/mol. The molecule has 0 fully saturated rings. The second-order valence-corrected chi connectivity index (χ2v) is 4.02. The van der Waals surface area contributed by atoms with Crippen molar-refractivity contribution in [3.05, 3.63) is 23.8 Å². The maximum Gasteiger partial charge on any atom is 0.229 e. The number of aryl methyl sites for hydroxylation is 2. The zero-order chi connectivity index (χ0) is 11.0. The molecule has 0 spiro atoms. The lowest BCUT2D eigenvalue weighted by atomic mass is 10.2. The lowest BCUT2D eigenvalue weighted by Gasteiger charge is -1.96. The third-order valence-corrected chi connectivity index (χ3v) is 2.34. The van der Waals surface area contributed by atoms with Gasteiger partial charge in [-0.3, -0.25) is 4.68 Å². The van der Waals surface area contributed by atoms with Crippen LogP contribution in [0.1, 0.15) is 31.2 Å². The van der Waals surface area contributed by atoms with Crippen LogP contribution in [0, 0.1) is 6.92 Å². The third kappa shape index (κ3) is 1.79. The van der Waals surface area contributed by atoms with E-state index in [4.69, 9.17) is 4.42 Å². The van der Waals surface area contributed by atoms with Crippen LogP contribution >= 0.6 is 0 Å². The van der Waals surface area contributed by atoms with Crippen molar-refractivity contribution < 1.29 is 4.42 Å². The zero-order valence-electron chi connectivity index (χ0n) is 9.48. The summed E-state index contributed by atoms with van der Waals surface area (Å²) in [5.74, 6) is 1.93. The summed E-state index contributed by atoms with van der Waals surface area (Å²) in [7, 11) is 1.89. The first-order valence-electron chi connectivity index (χ1n) is 5.04. The number of oxazole rings is 1. The standard InChI is InChI=1S/C11H15N3O/c1-7(2)10-5-12-11(15-10)9-6-14(4)13-8(9)3/h5-7H,1-4H3. The summed E-state index contributed by atoms with van der Waals surface area (Å²) in [5, 5.41) is 4.26. The van der Waals surface area contributed by atoms with E-state index < -0.39 is 0 Å². The second kappa shape index (κ2) is 3.53. The predicted molar refractivity (Wildman–Crippen MR) is 57.5 cm³/mol. The SMILES string of the molecule is Cc1nn(C)cc1-c1ncc(C(C)C)o1. The van der Waals surface area contributed by atoms with Crippen LogP contribution in [0.5, 0.6) is 0 Å². The first kappa shape index (κ1) is 9.96. The van der Waals surface area contributed by atoms with Crippen molar-refractivity contribution in [2.45, 2.75) is 26.7 Å². The van der Waals surface area contributed by atoms with E-state index in [0.717, 1.165) is 17.0 Å². The molecule has 0 bridgehead atoms. The molecular formula is C11H15N3O. The first-order chi connectivity index (χ1) is 7.08. The van der Waals surface area contributed by atoms with Crippen molar-refractivity contribution >= 4 is 0 Å². The van der Waals surface area contributed by atoms with Gasteiger partial charge in [0.25, 0.3) is 0 Å². The van der Waals surface area contributed by atoms with Crippen LogP contribution in [-0.2, 0) is 7.05 Å². The van der Waals surface area contributed by atoms with Crippen molar-refractivity contribution in [2.75, 3.05) is 0 Å². The highest BCUT2D eigenvalue weighted by Crippen LogP contribution is 2.24. The van der Waals surface area contributed by atoms with E-state index in [1.54, 1.807) is 10.9 Å². The molecule has 15 heavy (non-hydrogen) atoms. The van der Waals surface area contributed by atoms with Gasteiger partial charge in [0.2, 0.25) is 5.89 Å². The van der Waals surface area contributed by atoms with Gasteiger partial charge < -0.3 is 4.42 Å². The van der Waals surface area contributed by atoms with Gasteiger partial charge in [-0.2, -0.15) is 5.10 Å². The Hall–Kier alpha value is -1.58. The van der Waals surface area contributed by atoms with Gasteiger partial charge in [0.1, 0.15) is 5.76 Å². The second-order valence-electron chi connectivity index (χ2n) is 4.02. The lowest BCUT2D eigenvalue weighted by molar-refractivity contribution is 0.495. The largest absolute Gasteiger partial charge is 0.441 e. The summed E-state index contributed by atoms with van der Waals surface area (Å²) < 4.78 is 7.43. The Balaban J connectivity index is 2.41. The van der Waals surface area contributed by atoms with Crippen LogP contribution < -0.4 is 0 Å². The molecule has 0 N–H and O–H groups in total. The van der Waals surface area contributed by atoms with E-state index >= 15 is 0 Å². The minimum absolute atomic E-state index is 0.364. The summed E-state index contributed by atoms with van der Waals surface area (Å²) in [4.78, 5) is 4.26. The highest BCUT2D eigenvalue weighted by atomic mass is 16.4. The van der Waals surface area contributed by atoms with Gasteiger partial charge >= 0.3 is 0 Å². The molecule has 0 aromatic carbocycles. The molecule has 4 heteroatoms. The summed E-state index contributed by atoms with van der Waals surface area (Å²) in [6.45, 7) is 6.12. The van der Waals surface area contributed by atoms with Crippen LogP contribution in [0.4, 0.5) is 0 Å². The fraction of sp³-hybridized carbons (Fsp3) is 0.455. The number of nitrogens with zero attached hydrogens (tertiary/aromatic N) is 3. The number of hydrogen-bond acceptors (Lipinski definition) is 3. The maximum absolute atomic E-state index is 5.66. The van der Waals surface area contributed by atoms with Crippen molar-refractivity contribution in [3.63, 3.8) is 0 Å². The van der Waals surface area contributed by atoms with E-state index in [2.05, 4.69) is 23.9 Å². The minimum atomic E-state index is 0.364.